The van der Waals surface area contributed by atoms with Crippen molar-refractivity contribution in [1.82, 2.24) is 9.80 Å². The van der Waals surface area contributed by atoms with Gasteiger partial charge in [0.1, 0.15) is 6.61 Å². The normalized spacial score (nSPS) is 21.8. The van der Waals surface area contributed by atoms with Crippen molar-refractivity contribution in [3.05, 3.63) is 29.8 Å². The summed E-state index contributed by atoms with van der Waals surface area (Å²) in [5, 5.41) is 0. The van der Waals surface area contributed by atoms with Gasteiger partial charge in [0.05, 0.1) is 0 Å². The summed E-state index contributed by atoms with van der Waals surface area (Å²) in [6.07, 6.45) is 3.26. The van der Waals surface area contributed by atoms with Gasteiger partial charge in [-0.05, 0) is 37.8 Å². The molecule has 5 nitrogen and oxygen atoms in total. The summed E-state index contributed by atoms with van der Waals surface area (Å²) in [6, 6.07) is 9.14. The molecule has 1 aromatic rings. The zero-order valence-electron chi connectivity index (χ0n) is 16.3. The van der Waals surface area contributed by atoms with Crippen molar-refractivity contribution in [3.63, 3.8) is 0 Å². The monoisotopic (exact) mass is 359 g/mol. The minimum Gasteiger partial charge on any atom is -0.372 e. The second-order valence-electron chi connectivity index (χ2n) is 7.50. The van der Waals surface area contributed by atoms with Crippen LogP contribution in [0.15, 0.2) is 24.3 Å². The van der Waals surface area contributed by atoms with Crippen LogP contribution in [0.25, 0.3) is 0 Å². The Bertz CT molecular complexity index is 584. The predicted octanol–water partition coefficient (Wildman–Crippen LogP) is 2.53. The van der Waals surface area contributed by atoms with Gasteiger partial charge in [-0.3, -0.25) is 9.69 Å². The summed E-state index contributed by atoms with van der Waals surface area (Å²) in [4.78, 5) is 19.4. The number of piperazine rings is 1. The fourth-order valence-corrected chi connectivity index (χ4v) is 4.12. The van der Waals surface area contributed by atoms with Crippen LogP contribution in [0.3, 0.4) is 0 Å². The number of aryl methyl sites for hydroxylation is 1. The largest absolute Gasteiger partial charge is 0.372 e. The molecule has 3 rings (SSSR count). The third kappa shape index (κ3) is 4.77. The van der Waals surface area contributed by atoms with Crippen molar-refractivity contribution in [3.8, 4) is 0 Å². The van der Waals surface area contributed by atoms with Gasteiger partial charge in [0, 0.05) is 57.6 Å². The quantitative estimate of drug-likeness (QED) is 0.732. The highest BCUT2D eigenvalue weighted by atomic mass is 16.5. The number of para-hydroxylation sites is 1. The Morgan fingerprint density at radius 1 is 1.15 bits per heavy atom. The number of likely N-dealkylation sites (tertiary alicyclic amines) is 1. The first kappa shape index (κ1) is 19.2. The molecular weight excluding hydrogens is 326 g/mol. The lowest BCUT2D eigenvalue weighted by molar-refractivity contribution is -0.138. The second kappa shape index (κ2) is 9.38. The maximum Gasteiger partial charge on any atom is 0.248 e. The molecule has 1 unspecified atom stereocenters. The Balaban J connectivity index is 1.49. The molecule has 0 bridgehead atoms. The van der Waals surface area contributed by atoms with E-state index in [1.165, 1.54) is 17.7 Å². The average Bonchev–Trinajstić information content (AvgIpc) is 2.69. The lowest BCUT2D eigenvalue weighted by atomic mass is 10.0. The molecule has 0 spiro atoms. The van der Waals surface area contributed by atoms with Gasteiger partial charge in [-0.25, -0.2) is 0 Å². The van der Waals surface area contributed by atoms with Crippen molar-refractivity contribution in [2.24, 2.45) is 0 Å². The molecule has 0 aromatic heterocycles. The minimum absolute atomic E-state index is 0.154. The van der Waals surface area contributed by atoms with E-state index in [0.29, 0.717) is 12.6 Å². The van der Waals surface area contributed by atoms with Crippen molar-refractivity contribution in [2.45, 2.75) is 39.2 Å². The smallest absolute Gasteiger partial charge is 0.248 e. The van der Waals surface area contributed by atoms with E-state index in [0.717, 1.165) is 52.1 Å². The fraction of sp³-hybridized carbons (Fsp3) is 0.667. The van der Waals surface area contributed by atoms with E-state index in [4.69, 9.17) is 4.74 Å². The molecule has 1 atom stereocenters. The Morgan fingerprint density at radius 3 is 2.65 bits per heavy atom. The second-order valence-corrected chi connectivity index (χ2v) is 7.50. The van der Waals surface area contributed by atoms with Crippen LogP contribution in [0.5, 0.6) is 0 Å². The highest BCUT2D eigenvalue weighted by molar-refractivity contribution is 5.77. The molecule has 0 radical (unpaired) electrons. The van der Waals surface area contributed by atoms with Crippen molar-refractivity contribution >= 4 is 11.6 Å². The molecule has 0 N–H and O–H groups in total. The maximum atomic E-state index is 12.3. The van der Waals surface area contributed by atoms with E-state index in [1.54, 1.807) is 0 Å². The molecule has 144 valence electrons. The molecule has 2 fully saturated rings. The molecule has 1 aromatic carbocycles. The van der Waals surface area contributed by atoms with E-state index < -0.39 is 0 Å². The number of anilines is 1. The van der Waals surface area contributed by atoms with Crippen LogP contribution in [0, 0.1) is 6.92 Å². The lowest BCUT2D eigenvalue weighted by Crippen LogP contribution is -2.56. The first-order valence-electron chi connectivity index (χ1n) is 10.1. The molecule has 2 aliphatic rings. The number of carbonyl (C=O) groups excluding carboxylic acids is 1. The molecule has 2 aliphatic heterocycles. The molecule has 2 saturated heterocycles. The number of amides is 1. The van der Waals surface area contributed by atoms with Gasteiger partial charge < -0.3 is 14.5 Å². The Morgan fingerprint density at radius 2 is 1.92 bits per heavy atom. The van der Waals surface area contributed by atoms with E-state index in [9.17, 15) is 4.79 Å². The summed E-state index contributed by atoms with van der Waals surface area (Å²) < 4.78 is 5.44. The van der Waals surface area contributed by atoms with E-state index in [-0.39, 0.29) is 12.5 Å². The van der Waals surface area contributed by atoms with Crippen LogP contribution in [0.1, 0.15) is 31.7 Å². The minimum atomic E-state index is 0.154. The lowest BCUT2D eigenvalue weighted by Gasteiger charge is -2.44. The van der Waals surface area contributed by atoms with Crippen LogP contribution in [-0.4, -0.2) is 74.2 Å². The zero-order valence-corrected chi connectivity index (χ0v) is 16.3. The number of ether oxygens (including phenoxy) is 1. The SMILES string of the molecule is CCCOCC(=O)N1CCCC(N2CCN(c3ccccc3C)CC2)C1. The summed E-state index contributed by atoms with van der Waals surface area (Å²) in [7, 11) is 0. The highest BCUT2D eigenvalue weighted by Gasteiger charge is 2.30. The van der Waals surface area contributed by atoms with E-state index in [1.807, 2.05) is 4.90 Å². The van der Waals surface area contributed by atoms with Gasteiger partial charge in [0.15, 0.2) is 0 Å². The Kier molecular flexibility index (Phi) is 6.92. The molecule has 1 amide bonds. The summed E-state index contributed by atoms with van der Waals surface area (Å²) in [5.74, 6) is 0.154. The van der Waals surface area contributed by atoms with Gasteiger partial charge >= 0.3 is 0 Å². The topological polar surface area (TPSA) is 36.0 Å². The van der Waals surface area contributed by atoms with Crippen LogP contribution in [-0.2, 0) is 9.53 Å². The van der Waals surface area contributed by atoms with E-state index >= 15 is 0 Å². The van der Waals surface area contributed by atoms with Gasteiger partial charge in [0.25, 0.3) is 0 Å². The number of rotatable bonds is 6. The maximum absolute atomic E-state index is 12.3. The molecular formula is C21H33N3O2. The standard InChI is InChI=1S/C21H33N3O2/c1-3-15-26-17-21(25)24-10-6-8-19(16-24)22-11-13-23(14-12-22)20-9-5-4-7-18(20)2/h4-5,7,9,19H,3,6,8,10-17H2,1-2H3. The number of hydrogen-bond acceptors (Lipinski definition) is 4. The molecule has 26 heavy (non-hydrogen) atoms. The first-order valence-corrected chi connectivity index (χ1v) is 10.1. The number of hydrogen-bond donors (Lipinski definition) is 0. The van der Waals surface area contributed by atoms with Gasteiger partial charge in [-0.15, -0.1) is 0 Å². The van der Waals surface area contributed by atoms with Crippen LogP contribution in [0.4, 0.5) is 5.69 Å². The van der Waals surface area contributed by atoms with E-state index in [2.05, 4.69) is 47.9 Å². The fourth-order valence-electron chi connectivity index (χ4n) is 4.12. The third-order valence-corrected chi connectivity index (χ3v) is 5.61. The van der Waals surface area contributed by atoms with Crippen molar-refractivity contribution in [1.29, 1.82) is 0 Å². The third-order valence-electron chi connectivity index (χ3n) is 5.61. The van der Waals surface area contributed by atoms with Crippen LogP contribution >= 0.6 is 0 Å². The molecule has 0 aliphatic carbocycles. The first-order chi connectivity index (χ1) is 12.7. The van der Waals surface area contributed by atoms with Crippen molar-refractivity contribution in [2.75, 3.05) is 57.4 Å². The van der Waals surface area contributed by atoms with Gasteiger partial charge in [0.2, 0.25) is 5.91 Å². The number of carbonyl (C=O) groups is 1. The van der Waals surface area contributed by atoms with Crippen molar-refractivity contribution < 1.29 is 9.53 Å². The van der Waals surface area contributed by atoms with Gasteiger partial charge in [-0.1, -0.05) is 25.1 Å². The predicted molar refractivity (Wildman–Crippen MR) is 106 cm³/mol. The zero-order chi connectivity index (χ0) is 18.4. The number of piperidine rings is 1. The van der Waals surface area contributed by atoms with Crippen LogP contribution in [0.2, 0.25) is 0 Å². The highest BCUT2D eigenvalue weighted by Crippen LogP contribution is 2.23. The molecule has 5 heteroatoms. The summed E-state index contributed by atoms with van der Waals surface area (Å²) in [5.41, 5.74) is 2.71. The molecule has 2 heterocycles. The molecule has 0 saturated carbocycles. The van der Waals surface area contributed by atoms with Gasteiger partial charge in [-0.2, -0.15) is 0 Å². The Hall–Kier alpha value is -1.59. The average molecular weight is 360 g/mol. The summed E-state index contributed by atoms with van der Waals surface area (Å²) in [6.45, 7) is 11.2. The number of nitrogens with zero attached hydrogens (tertiary/aromatic N) is 3. The summed E-state index contributed by atoms with van der Waals surface area (Å²) >= 11 is 0. The number of benzene rings is 1. The van der Waals surface area contributed by atoms with Crippen LogP contribution < -0.4 is 4.90 Å². The Labute approximate surface area is 157 Å².